The summed E-state index contributed by atoms with van der Waals surface area (Å²) in [6, 6.07) is 1.24. The van der Waals surface area contributed by atoms with Crippen molar-refractivity contribution in [3.63, 3.8) is 0 Å². The summed E-state index contributed by atoms with van der Waals surface area (Å²) in [4.78, 5) is 61.9. The van der Waals surface area contributed by atoms with Gasteiger partial charge in [0.1, 0.15) is 30.7 Å². The lowest BCUT2D eigenvalue weighted by molar-refractivity contribution is -0.161. The van der Waals surface area contributed by atoms with Crippen LogP contribution in [0.3, 0.4) is 0 Å². The zero-order valence-electron chi connectivity index (χ0n) is 42.8. The van der Waals surface area contributed by atoms with Gasteiger partial charge in [-0.2, -0.15) is 9.29 Å². The average Bonchev–Trinajstić information content (AvgIpc) is 3.62. The molecule has 2 rings (SSSR count). The van der Waals surface area contributed by atoms with Crippen molar-refractivity contribution in [1.29, 1.82) is 0 Å². The number of anilines is 1. The number of nitrogen functional groups attached to an aromatic ring is 1. The highest BCUT2D eigenvalue weighted by atomic mass is 31.3. The smallest absolute Gasteiger partial charge is 0.462 e. The zero-order chi connectivity index (χ0) is 53.6. The molecular weight excluding hydrogens is 985 g/mol. The molecule has 2 heterocycles. The summed E-state index contributed by atoms with van der Waals surface area (Å²) in [6.07, 6.45) is 38.5. The van der Waals surface area contributed by atoms with Crippen LogP contribution in [0.2, 0.25) is 0 Å². The maximum atomic E-state index is 12.9. The van der Waals surface area contributed by atoms with E-state index in [1.807, 2.05) is 42.5 Å². The molecular formula is C52H83N3O16P2. The first-order valence-electron chi connectivity index (χ1n) is 25.7. The lowest BCUT2D eigenvalue weighted by Gasteiger charge is -2.21. The third-order valence-electron chi connectivity index (χ3n) is 11.1. The molecule has 0 aliphatic carbocycles. The minimum absolute atomic E-state index is 0.000943. The molecule has 1 aliphatic rings. The third kappa shape index (κ3) is 32.1. The molecule has 412 valence electrons. The van der Waals surface area contributed by atoms with E-state index in [0.29, 0.717) is 25.7 Å². The van der Waals surface area contributed by atoms with E-state index in [-0.39, 0.29) is 18.7 Å². The SMILES string of the molecule is CCCCC/C=C\C/C=C\C/C=C\CCCCCCC(=O)O[C@H](COC(=O)CCC/C=C\C/C=C\C/C=C\C=C\[C@H](O)CCCCC)COP(=O)(O)OP(=O)(O)OC[C@H]1O[C@@H](n2ccc(N)nc2=O)[C@H](O)[C@@H]1O. The number of hydrogen-bond donors (Lipinski definition) is 6. The van der Waals surface area contributed by atoms with Crippen LogP contribution >= 0.6 is 15.6 Å². The quantitative estimate of drug-likeness (QED) is 0.0117. The molecule has 1 fully saturated rings. The fourth-order valence-corrected chi connectivity index (χ4v) is 9.12. The first kappa shape index (κ1) is 65.0. The number of rotatable bonds is 41. The van der Waals surface area contributed by atoms with Gasteiger partial charge in [0.2, 0.25) is 0 Å². The number of aliphatic hydroxyl groups excluding tert-OH is 3. The number of allylic oxidation sites excluding steroid dienone is 13. The summed E-state index contributed by atoms with van der Waals surface area (Å²) in [5.74, 6) is -1.43. The summed E-state index contributed by atoms with van der Waals surface area (Å²) in [5, 5.41) is 30.9. The molecule has 1 aromatic rings. The van der Waals surface area contributed by atoms with Crippen LogP contribution in [-0.4, -0.2) is 96.9 Å². The van der Waals surface area contributed by atoms with Crippen LogP contribution in [0.4, 0.5) is 5.82 Å². The number of aliphatic hydroxyl groups is 3. The monoisotopic (exact) mass is 1070 g/mol. The van der Waals surface area contributed by atoms with E-state index in [4.69, 9.17) is 29.0 Å². The number of hydrogen-bond acceptors (Lipinski definition) is 16. The number of esters is 2. The Hall–Kier alpha value is -4.10. The highest BCUT2D eigenvalue weighted by Gasteiger charge is 2.46. The molecule has 0 radical (unpaired) electrons. The largest absolute Gasteiger partial charge is 0.481 e. The minimum Gasteiger partial charge on any atom is -0.462 e. The van der Waals surface area contributed by atoms with Gasteiger partial charge in [0.25, 0.3) is 0 Å². The second kappa shape index (κ2) is 39.3. The van der Waals surface area contributed by atoms with E-state index in [2.05, 4.69) is 59.6 Å². The Balaban J connectivity index is 1.85. The molecule has 0 bridgehead atoms. The predicted molar refractivity (Wildman–Crippen MR) is 281 cm³/mol. The first-order valence-corrected chi connectivity index (χ1v) is 28.7. The second-order valence-electron chi connectivity index (χ2n) is 17.5. The molecule has 73 heavy (non-hydrogen) atoms. The van der Waals surface area contributed by atoms with Gasteiger partial charge in [0, 0.05) is 19.0 Å². The lowest BCUT2D eigenvalue weighted by atomic mass is 10.1. The van der Waals surface area contributed by atoms with E-state index < -0.39 is 89.8 Å². The summed E-state index contributed by atoms with van der Waals surface area (Å²) < 4.78 is 56.7. The molecule has 1 aromatic heterocycles. The Labute approximate surface area is 431 Å². The minimum atomic E-state index is -5.45. The van der Waals surface area contributed by atoms with Gasteiger partial charge >= 0.3 is 33.3 Å². The molecule has 19 nitrogen and oxygen atoms in total. The van der Waals surface area contributed by atoms with Gasteiger partial charge in [-0.15, -0.1) is 0 Å². The van der Waals surface area contributed by atoms with Gasteiger partial charge in [-0.1, -0.05) is 144 Å². The maximum Gasteiger partial charge on any atom is 0.481 e. The summed E-state index contributed by atoms with van der Waals surface area (Å²) in [6.45, 7) is 1.91. The Kier molecular flexibility index (Phi) is 35.0. The molecule has 0 saturated carbocycles. The number of unbranched alkanes of at least 4 members (excludes halogenated alkanes) is 10. The Morgan fingerprint density at radius 2 is 1.29 bits per heavy atom. The van der Waals surface area contributed by atoms with Crippen molar-refractivity contribution in [3.8, 4) is 0 Å². The Morgan fingerprint density at radius 3 is 1.93 bits per heavy atom. The fourth-order valence-electron chi connectivity index (χ4n) is 7.01. The molecule has 2 unspecified atom stereocenters. The van der Waals surface area contributed by atoms with Gasteiger partial charge in [0.15, 0.2) is 12.3 Å². The number of aromatic nitrogens is 2. The van der Waals surface area contributed by atoms with E-state index in [0.717, 1.165) is 87.8 Å². The number of nitrogens with zero attached hydrogens (tertiary/aromatic N) is 2. The van der Waals surface area contributed by atoms with Crippen LogP contribution in [0, 0.1) is 0 Å². The maximum absolute atomic E-state index is 12.9. The van der Waals surface area contributed by atoms with Gasteiger partial charge in [-0.3, -0.25) is 23.2 Å². The third-order valence-corrected chi connectivity index (χ3v) is 13.7. The van der Waals surface area contributed by atoms with E-state index in [1.54, 1.807) is 6.08 Å². The zero-order valence-corrected chi connectivity index (χ0v) is 44.6. The molecule has 0 aromatic carbocycles. The second-order valence-corrected chi connectivity index (χ2v) is 20.6. The van der Waals surface area contributed by atoms with Gasteiger partial charge < -0.3 is 45.1 Å². The number of ether oxygens (including phenoxy) is 3. The summed E-state index contributed by atoms with van der Waals surface area (Å²) in [7, 11) is -10.9. The number of phosphoric acid groups is 2. The molecule has 0 spiro atoms. The van der Waals surface area contributed by atoms with Crippen LogP contribution in [0.15, 0.2) is 102 Å². The topological polar surface area (TPSA) is 286 Å². The van der Waals surface area contributed by atoms with Crippen molar-refractivity contribution >= 4 is 33.4 Å². The number of carbonyl (C=O) groups excluding carboxylic acids is 2. The molecule has 21 heteroatoms. The van der Waals surface area contributed by atoms with Crippen LogP contribution in [0.5, 0.6) is 0 Å². The highest BCUT2D eigenvalue weighted by molar-refractivity contribution is 7.61. The normalized spacial score (nSPS) is 20.1. The molecule has 1 saturated heterocycles. The molecule has 0 amide bonds. The van der Waals surface area contributed by atoms with Crippen molar-refractivity contribution in [3.05, 3.63) is 108 Å². The summed E-state index contributed by atoms with van der Waals surface area (Å²) >= 11 is 0. The molecule has 8 atom stereocenters. The van der Waals surface area contributed by atoms with Crippen molar-refractivity contribution in [2.45, 2.75) is 185 Å². The van der Waals surface area contributed by atoms with Gasteiger partial charge in [0.05, 0.1) is 19.3 Å². The number of carbonyl (C=O) groups is 2. The Bertz CT molecular complexity index is 2070. The Morgan fingerprint density at radius 1 is 0.726 bits per heavy atom. The fraction of sp³-hybridized carbons (Fsp3) is 0.615. The van der Waals surface area contributed by atoms with Crippen molar-refractivity contribution in [2.75, 3.05) is 25.6 Å². The standard InChI is InChI=1S/C52H83N3O16P2/c1-3-5-7-8-9-10-11-12-13-14-15-16-19-23-26-29-33-37-48(58)69-44(40-66-47(57)36-32-28-25-22-20-17-18-21-24-27-31-35-43(56)34-30-6-4-2)41-67-72(62,63)71-73(64,65)68-42-45-49(59)50(60)51(70-45)55-39-38-46(53)54-52(55)61/h9-10,12-13,15-18,22,24-25,27,31,35,38-39,43-45,49-51,56,59-60H,3-8,11,14,19-21,23,26,28-30,32-34,36-37,40-42H2,1-2H3,(H,62,63)(H,64,65)(H2,53,54,61)/b10-9-,13-12-,16-15-,18-17-,25-22-,27-24-,35-31+/t43-,44-,45-,49-,50-,51-/m1/s1. The lowest BCUT2D eigenvalue weighted by Crippen LogP contribution is -2.36. The van der Waals surface area contributed by atoms with Gasteiger partial charge in [-0.25, -0.2) is 13.9 Å². The molecule has 1 aliphatic heterocycles. The number of nitrogens with two attached hydrogens (primary N) is 1. The molecule has 7 N–H and O–H groups in total. The van der Waals surface area contributed by atoms with Gasteiger partial charge in [-0.05, 0) is 83.1 Å². The highest BCUT2D eigenvalue weighted by Crippen LogP contribution is 2.60. The van der Waals surface area contributed by atoms with Crippen molar-refractivity contribution in [2.24, 2.45) is 0 Å². The van der Waals surface area contributed by atoms with Crippen molar-refractivity contribution < 1.29 is 71.4 Å². The number of phosphoric ester groups is 2. The first-order chi connectivity index (χ1) is 35.1. The van der Waals surface area contributed by atoms with E-state index in [1.165, 1.54) is 25.3 Å². The van der Waals surface area contributed by atoms with Crippen LogP contribution in [0.25, 0.3) is 0 Å². The van der Waals surface area contributed by atoms with E-state index >= 15 is 0 Å². The van der Waals surface area contributed by atoms with Crippen molar-refractivity contribution in [1.82, 2.24) is 9.55 Å². The summed E-state index contributed by atoms with van der Waals surface area (Å²) in [5.41, 5.74) is 4.58. The van der Waals surface area contributed by atoms with Crippen LogP contribution < -0.4 is 11.4 Å². The predicted octanol–water partition coefficient (Wildman–Crippen LogP) is 9.64. The average molecular weight is 1070 g/mol. The van der Waals surface area contributed by atoms with E-state index in [9.17, 15) is 48.6 Å². The van der Waals surface area contributed by atoms with Crippen LogP contribution in [0.1, 0.15) is 155 Å². The van der Waals surface area contributed by atoms with Crippen LogP contribution in [-0.2, 0) is 46.3 Å².